The van der Waals surface area contributed by atoms with Crippen molar-refractivity contribution in [1.82, 2.24) is 10.2 Å². The van der Waals surface area contributed by atoms with Gasteiger partial charge in [0.05, 0.1) is 12.9 Å². The highest BCUT2D eigenvalue weighted by molar-refractivity contribution is 6.05. The Bertz CT molecular complexity index is 588. The second-order valence-corrected chi connectivity index (χ2v) is 5.69. The van der Waals surface area contributed by atoms with Gasteiger partial charge in [0.25, 0.3) is 0 Å². The fourth-order valence-corrected chi connectivity index (χ4v) is 2.63. The number of hydrogen-bond donors (Lipinski definition) is 1. The van der Waals surface area contributed by atoms with Gasteiger partial charge >= 0.3 is 0 Å². The zero-order valence-electron chi connectivity index (χ0n) is 12.7. The summed E-state index contributed by atoms with van der Waals surface area (Å²) in [5.74, 6) is 1.81. The predicted octanol–water partition coefficient (Wildman–Crippen LogP) is 2.05. The summed E-state index contributed by atoms with van der Waals surface area (Å²) in [6.07, 6.45) is 1.95. The van der Waals surface area contributed by atoms with Crippen LogP contribution in [0.2, 0.25) is 0 Å². The Morgan fingerprint density at radius 3 is 2.76 bits per heavy atom. The molecule has 1 N–H and O–H groups in total. The molecule has 0 radical (unpaired) electrons. The van der Waals surface area contributed by atoms with Crippen LogP contribution < -0.4 is 5.32 Å². The van der Waals surface area contributed by atoms with Crippen molar-refractivity contribution in [1.29, 1.82) is 0 Å². The average molecular weight is 283 g/mol. The third kappa shape index (κ3) is 2.82. The van der Waals surface area contributed by atoms with Crippen molar-refractivity contribution >= 4 is 18.0 Å². The van der Waals surface area contributed by atoms with Gasteiger partial charge in [-0.1, -0.05) is 30.3 Å². The molecule has 2 heterocycles. The molecule has 2 unspecified atom stereocenters. The van der Waals surface area contributed by atoms with Crippen LogP contribution in [0.15, 0.2) is 45.3 Å². The molecule has 21 heavy (non-hydrogen) atoms. The van der Waals surface area contributed by atoms with Crippen LogP contribution >= 0.6 is 0 Å². The van der Waals surface area contributed by atoms with Crippen LogP contribution in [0.5, 0.6) is 0 Å². The van der Waals surface area contributed by atoms with Crippen LogP contribution in [-0.4, -0.2) is 41.2 Å². The Balaban J connectivity index is 1.81. The van der Waals surface area contributed by atoms with Gasteiger partial charge in [0.15, 0.2) is 6.17 Å². The smallest absolute Gasteiger partial charge is 0.153 e. The summed E-state index contributed by atoms with van der Waals surface area (Å²) in [4.78, 5) is 16.2. The summed E-state index contributed by atoms with van der Waals surface area (Å²) in [6, 6.07) is 10.6. The van der Waals surface area contributed by atoms with Crippen molar-refractivity contribution in [3.05, 3.63) is 35.9 Å². The highest BCUT2D eigenvalue weighted by Gasteiger charge is 2.38. The lowest BCUT2D eigenvalue weighted by molar-refractivity contribution is 0.286. The number of aliphatic imine (C=N–C) groups is 3. The molecule has 0 amide bonds. The van der Waals surface area contributed by atoms with Crippen LogP contribution in [0, 0.1) is 0 Å². The maximum absolute atomic E-state index is 4.72. The molecule has 5 heteroatoms. The Hall–Kier alpha value is -2.17. The highest BCUT2D eigenvalue weighted by atomic mass is 15.4. The standard InChI is InChI=1S/C16H21N5/c1-11(2)21-10-18-14-15(19-12(3)20-16(14)21)17-9-13-7-5-4-6-8-13/h4-8,10-11,14,16H,9H2,1-3H3,(H,17,19,20). The van der Waals surface area contributed by atoms with Gasteiger partial charge < -0.3 is 10.2 Å². The Labute approximate surface area is 125 Å². The van der Waals surface area contributed by atoms with E-state index in [-0.39, 0.29) is 12.2 Å². The van der Waals surface area contributed by atoms with Gasteiger partial charge in [-0.2, -0.15) is 0 Å². The van der Waals surface area contributed by atoms with E-state index in [9.17, 15) is 0 Å². The third-order valence-corrected chi connectivity index (χ3v) is 3.73. The predicted molar refractivity (Wildman–Crippen MR) is 86.9 cm³/mol. The lowest BCUT2D eigenvalue weighted by atomic mass is 10.1. The molecule has 1 aromatic carbocycles. The Morgan fingerprint density at radius 1 is 1.29 bits per heavy atom. The lowest BCUT2D eigenvalue weighted by Crippen LogP contribution is -2.52. The third-order valence-electron chi connectivity index (χ3n) is 3.73. The van der Waals surface area contributed by atoms with E-state index in [0.717, 1.165) is 11.7 Å². The summed E-state index contributed by atoms with van der Waals surface area (Å²) in [5.41, 5.74) is 1.20. The minimum Gasteiger partial charge on any atom is -0.336 e. The highest BCUT2D eigenvalue weighted by Crippen LogP contribution is 2.21. The van der Waals surface area contributed by atoms with Gasteiger partial charge in [0, 0.05) is 6.04 Å². The minimum absolute atomic E-state index is 0.0141. The van der Waals surface area contributed by atoms with Crippen molar-refractivity contribution < 1.29 is 0 Å². The molecule has 0 bridgehead atoms. The first-order valence-electron chi connectivity index (χ1n) is 7.35. The molecule has 0 spiro atoms. The molecular weight excluding hydrogens is 262 g/mol. The molecule has 0 fully saturated rings. The van der Waals surface area contributed by atoms with E-state index in [0.29, 0.717) is 12.6 Å². The molecule has 3 rings (SSSR count). The summed E-state index contributed by atoms with van der Waals surface area (Å²) < 4.78 is 0. The minimum atomic E-state index is -0.0141. The van der Waals surface area contributed by atoms with Crippen molar-refractivity contribution in [2.24, 2.45) is 15.0 Å². The maximum Gasteiger partial charge on any atom is 0.153 e. The van der Waals surface area contributed by atoms with Gasteiger partial charge in [-0.25, -0.2) is 4.99 Å². The first-order valence-corrected chi connectivity index (χ1v) is 7.35. The number of hydrogen-bond acceptors (Lipinski definition) is 4. The van der Waals surface area contributed by atoms with Crippen LogP contribution in [0.1, 0.15) is 26.3 Å². The SMILES string of the molecule is CC1=NC2C(N=CN2C(C)C)C(=NCc2ccccc2)N1. The molecule has 1 aromatic rings. The van der Waals surface area contributed by atoms with Crippen molar-refractivity contribution in [2.75, 3.05) is 0 Å². The molecule has 0 saturated heterocycles. The molecule has 0 aromatic heterocycles. The second kappa shape index (κ2) is 5.68. The van der Waals surface area contributed by atoms with Crippen LogP contribution in [0.4, 0.5) is 0 Å². The van der Waals surface area contributed by atoms with Gasteiger partial charge in [-0.15, -0.1) is 0 Å². The molecule has 0 aliphatic carbocycles. The largest absolute Gasteiger partial charge is 0.336 e. The van der Waals surface area contributed by atoms with E-state index in [4.69, 9.17) is 4.99 Å². The normalized spacial score (nSPS) is 26.0. The van der Waals surface area contributed by atoms with Crippen molar-refractivity contribution in [2.45, 2.75) is 45.6 Å². The molecule has 5 nitrogen and oxygen atoms in total. The lowest BCUT2D eigenvalue weighted by Gasteiger charge is -2.32. The Kier molecular flexibility index (Phi) is 3.73. The van der Waals surface area contributed by atoms with E-state index < -0.39 is 0 Å². The maximum atomic E-state index is 4.72. The zero-order valence-corrected chi connectivity index (χ0v) is 12.7. The number of rotatable bonds is 3. The fourth-order valence-electron chi connectivity index (χ4n) is 2.63. The first-order chi connectivity index (χ1) is 10.1. The molecule has 110 valence electrons. The molecule has 0 saturated carbocycles. The van der Waals surface area contributed by atoms with E-state index in [1.54, 1.807) is 0 Å². The molecule has 2 aliphatic rings. The van der Waals surface area contributed by atoms with Crippen molar-refractivity contribution in [3.8, 4) is 0 Å². The van der Waals surface area contributed by atoms with Crippen LogP contribution in [0.25, 0.3) is 0 Å². The van der Waals surface area contributed by atoms with Crippen LogP contribution in [0.3, 0.4) is 0 Å². The van der Waals surface area contributed by atoms with Gasteiger partial charge in [-0.3, -0.25) is 9.98 Å². The zero-order chi connectivity index (χ0) is 14.8. The fraction of sp³-hybridized carbons (Fsp3) is 0.438. The van der Waals surface area contributed by atoms with Gasteiger partial charge in [-0.05, 0) is 26.3 Å². The van der Waals surface area contributed by atoms with E-state index in [2.05, 4.69) is 46.2 Å². The Morgan fingerprint density at radius 2 is 2.05 bits per heavy atom. The van der Waals surface area contributed by atoms with Crippen molar-refractivity contribution in [3.63, 3.8) is 0 Å². The summed E-state index contributed by atoms with van der Waals surface area (Å²) in [6.45, 7) is 6.95. The second-order valence-electron chi connectivity index (χ2n) is 5.69. The monoisotopic (exact) mass is 283 g/mol. The summed E-state index contributed by atoms with van der Waals surface area (Å²) >= 11 is 0. The molecule has 2 aliphatic heterocycles. The van der Waals surface area contributed by atoms with E-state index >= 15 is 0 Å². The molecular formula is C16H21N5. The number of amidine groups is 2. The quantitative estimate of drug-likeness (QED) is 0.923. The summed E-state index contributed by atoms with van der Waals surface area (Å²) in [5, 5.41) is 3.28. The van der Waals surface area contributed by atoms with E-state index in [1.165, 1.54) is 5.56 Å². The van der Waals surface area contributed by atoms with E-state index in [1.807, 2.05) is 31.5 Å². The first kappa shape index (κ1) is 13.8. The molecule has 2 atom stereocenters. The average Bonchev–Trinajstić information content (AvgIpc) is 2.89. The number of benzene rings is 1. The van der Waals surface area contributed by atoms with Crippen LogP contribution in [-0.2, 0) is 6.54 Å². The van der Waals surface area contributed by atoms with Gasteiger partial charge in [0.1, 0.15) is 17.7 Å². The number of fused-ring (bicyclic) bond motifs is 1. The van der Waals surface area contributed by atoms with Gasteiger partial charge in [0.2, 0.25) is 0 Å². The number of nitrogens with zero attached hydrogens (tertiary/aromatic N) is 4. The summed E-state index contributed by atoms with van der Waals surface area (Å²) in [7, 11) is 0. The number of nitrogens with one attached hydrogen (secondary N) is 1. The topological polar surface area (TPSA) is 52.4 Å².